The number of halogens is 7. The summed E-state index contributed by atoms with van der Waals surface area (Å²) in [6.45, 7) is 3.29. The molecular formula is C38H29F7O. The lowest BCUT2D eigenvalue weighted by Gasteiger charge is -2.20. The van der Waals surface area contributed by atoms with Crippen LogP contribution in [0.5, 0.6) is 5.75 Å². The molecule has 0 saturated carbocycles. The van der Waals surface area contributed by atoms with Gasteiger partial charge < -0.3 is 4.74 Å². The maximum Gasteiger partial charge on any atom is 0.432 e. The van der Waals surface area contributed by atoms with Gasteiger partial charge in [0, 0.05) is 23.3 Å². The molecule has 46 heavy (non-hydrogen) atoms. The van der Waals surface area contributed by atoms with Crippen molar-refractivity contribution in [3.63, 3.8) is 0 Å². The predicted molar refractivity (Wildman–Crippen MR) is 164 cm³/mol. The lowest BCUT2D eigenvalue weighted by Crippen LogP contribution is -2.25. The zero-order chi connectivity index (χ0) is 32.7. The number of rotatable bonds is 8. The van der Waals surface area contributed by atoms with Crippen LogP contribution in [-0.4, -0.2) is 0 Å². The highest BCUT2D eigenvalue weighted by Gasteiger charge is 2.41. The Morgan fingerprint density at radius 2 is 1.13 bits per heavy atom. The summed E-state index contributed by atoms with van der Waals surface area (Å²) in [5, 5.41) is 0. The maximum atomic E-state index is 15.3. The molecule has 0 radical (unpaired) electrons. The van der Waals surface area contributed by atoms with E-state index in [4.69, 9.17) is 0 Å². The molecular weight excluding hydrogens is 605 g/mol. The zero-order valence-corrected chi connectivity index (χ0v) is 25.0. The molecule has 0 fully saturated rings. The average Bonchev–Trinajstić information content (AvgIpc) is 3.41. The van der Waals surface area contributed by atoms with Gasteiger partial charge in [-0.2, -0.15) is 8.78 Å². The number of ether oxygens (including phenoxy) is 1. The van der Waals surface area contributed by atoms with Crippen LogP contribution in [-0.2, 0) is 19.0 Å². The Morgan fingerprint density at radius 3 is 1.72 bits per heavy atom. The third-order valence-corrected chi connectivity index (χ3v) is 8.59. The normalized spacial score (nSPS) is 14.4. The van der Waals surface area contributed by atoms with Crippen molar-refractivity contribution in [2.45, 2.75) is 45.6 Å². The molecule has 0 saturated heterocycles. The fraction of sp³-hybridized carbons (Fsp3) is 0.211. The standard InChI is InChI=1S/C38H29F7O/c1-3-4-22-13-25-9-10-26(15-28(25)14-22)23-5-7-24(8-6-23)27-11-12-31(34(41)16-27)29-17-35(42)37(36(43)18-29)38(44,45)46-30-19-32(39)21(2)33(40)20-30/h5-12,15-20,22H,3-4,13-14H2,1-2H3. The van der Waals surface area contributed by atoms with Crippen LogP contribution in [0.15, 0.2) is 84.9 Å². The first-order chi connectivity index (χ1) is 21.9. The van der Waals surface area contributed by atoms with Crippen LogP contribution >= 0.6 is 0 Å². The van der Waals surface area contributed by atoms with Crippen molar-refractivity contribution >= 4 is 0 Å². The second kappa shape index (κ2) is 12.3. The largest absolute Gasteiger partial charge is 0.432 e. The van der Waals surface area contributed by atoms with Crippen molar-refractivity contribution in [3.05, 3.63) is 136 Å². The fourth-order valence-electron chi connectivity index (χ4n) is 6.17. The Balaban J connectivity index is 1.21. The van der Waals surface area contributed by atoms with Crippen LogP contribution in [0.2, 0.25) is 0 Å². The van der Waals surface area contributed by atoms with E-state index in [1.807, 2.05) is 24.3 Å². The van der Waals surface area contributed by atoms with Crippen molar-refractivity contribution in [1.29, 1.82) is 0 Å². The smallest absolute Gasteiger partial charge is 0.429 e. The second-order valence-corrected chi connectivity index (χ2v) is 11.8. The van der Waals surface area contributed by atoms with Gasteiger partial charge in [-0.1, -0.05) is 74.4 Å². The quantitative estimate of drug-likeness (QED) is 0.154. The Labute approximate surface area is 262 Å². The minimum Gasteiger partial charge on any atom is -0.429 e. The van der Waals surface area contributed by atoms with Crippen molar-refractivity contribution in [2.75, 3.05) is 0 Å². The van der Waals surface area contributed by atoms with Gasteiger partial charge in [0.25, 0.3) is 0 Å². The van der Waals surface area contributed by atoms with Gasteiger partial charge in [-0.15, -0.1) is 0 Å². The van der Waals surface area contributed by atoms with Crippen LogP contribution in [0.25, 0.3) is 33.4 Å². The third-order valence-electron chi connectivity index (χ3n) is 8.59. The first-order valence-electron chi connectivity index (χ1n) is 15.0. The molecule has 0 bridgehead atoms. The minimum atomic E-state index is -4.63. The summed E-state index contributed by atoms with van der Waals surface area (Å²) >= 11 is 0. The number of hydrogen-bond acceptors (Lipinski definition) is 1. The molecule has 6 rings (SSSR count). The van der Waals surface area contributed by atoms with Crippen LogP contribution in [0.1, 0.15) is 42.0 Å². The van der Waals surface area contributed by atoms with Gasteiger partial charge in [0.1, 0.15) is 40.4 Å². The Morgan fingerprint density at radius 1 is 0.609 bits per heavy atom. The number of alkyl halides is 2. The molecule has 0 aliphatic heterocycles. The second-order valence-electron chi connectivity index (χ2n) is 11.8. The zero-order valence-electron chi connectivity index (χ0n) is 25.0. The fourth-order valence-corrected chi connectivity index (χ4v) is 6.17. The molecule has 1 unspecified atom stereocenters. The van der Waals surface area contributed by atoms with Crippen molar-refractivity contribution < 1.29 is 35.5 Å². The molecule has 0 N–H and O–H groups in total. The molecule has 0 aromatic heterocycles. The highest BCUT2D eigenvalue weighted by atomic mass is 19.3. The summed E-state index contributed by atoms with van der Waals surface area (Å²) in [4.78, 5) is 0. The van der Waals surface area contributed by atoms with E-state index in [0.717, 1.165) is 30.9 Å². The molecule has 0 heterocycles. The SMILES string of the molecule is CCCC1Cc2ccc(-c3ccc(-c4ccc(-c5cc(F)c(C(F)(F)Oc6cc(F)c(C)c(F)c6)c(F)c5)c(F)c4)cc3)cc2C1. The number of fused-ring (bicyclic) bond motifs is 1. The lowest BCUT2D eigenvalue weighted by atomic mass is 9.96. The molecule has 8 heteroatoms. The first-order valence-corrected chi connectivity index (χ1v) is 15.0. The monoisotopic (exact) mass is 634 g/mol. The summed E-state index contributed by atoms with van der Waals surface area (Å²) < 4.78 is 107. The highest BCUT2D eigenvalue weighted by molar-refractivity contribution is 5.74. The lowest BCUT2D eigenvalue weighted by molar-refractivity contribution is -0.189. The summed E-state index contributed by atoms with van der Waals surface area (Å²) in [6.07, 6.45) is -0.0375. The molecule has 1 nitrogen and oxygen atoms in total. The van der Waals surface area contributed by atoms with E-state index in [2.05, 4.69) is 29.9 Å². The first kappa shape index (κ1) is 31.4. The molecule has 1 aliphatic rings. The van der Waals surface area contributed by atoms with Crippen LogP contribution < -0.4 is 4.74 Å². The van der Waals surface area contributed by atoms with Crippen LogP contribution in [0.3, 0.4) is 0 Å². The maximum absolute atomic E-state index is 15.3. The Hall–Kier alpha value is -4.59. The van der Waals surface area contributed by atoms with Gasteiger partial charge in [0.2, 0.25) is 0 Å². The number of hydrogen-bond donors (Lipinski definition) is 0. The topological polar surface area (TPSA) is 9.23 Å². The Bertz CT molecular complexity index is 1890. The van der Waals surface area contributed by atoms with E-state index in [0.29, 0.717) is 41.3 Å². The van der Waals surface area contributed by atoms with Crippen molar-refractivity contribution in [3.8, 4) is 39.1 Å². The molecule has 0 spiro atoms. The van der Waals surface area contributed by atoms with Gasteiger partial charge in [0.05, 0.1) is 0 Å². The number of benzene rings is 5. The summed E-state index contributed by atoms with van der Waals surface area (Å²) in [5.74, 6) is -6.87. The van der Waals surface area contributed by atoms with Crippen LogP contribution in [0.4, 0.5) is 30.7 Å². The van der Waals surface area contributed by atoms with E-state index >= 15 is 4.39 Å². The predicted octanol–water partition coefficient (Wildman–Crippen LogP) is 11.3. The third kappa shape index (κ3) is 6.13. The van der Waals surface area contributed by atoms with Gasteiger partial charge in [0.15, 0.2) is 0 Å². The summed E-state index contributed by atoms with van der Waals surface area (Å²) in [5.41, 5.74) is 3.39. The van der Waals surface area contributed by atoms with Gasteiger partial charge in [-0.25, -0.2) is 22.0 Å². The van der Waals surface area contributed by atoms with Crippen molar-refractivity contribution in [2.24, 2.45) is 5.92 Å². The molecule has 1 aliphatic carbocycles. The minimum absolute atomic E-state index is 0.212. The molecule has 1 atom stereocenters. The van der Waals surface area contributed by atoms with Gasteiger partial charge >= 0.3 is 6.11 Å². The molecule has 0 amide bonds. The van der Waals surface area contributed by atoms with E-state index in [9.17, 15) is 26.3 Å². The van der Waals surface area contributed by atoms with E-state index in [-0.39, 0.29) is 11.1 Å². The van der Waals surface area contributed by atoms with Crippen molar-refractivity contribution in [1.82, 2.24) is 0 Å². The Kier molecular flexibility index (Phi) is 8.40. The molecule has 5 aromatic carbocycles. The van der Waals surface area contributed by atoms with Gasteiger partial charge in [-0.05, 0) is 82.8 Å². The summed E-state index contributed by atoms with van der Waals surface area (Å²) in [6, 6.07) is 20.3. The average molecular weight is 635 g/mol. The molecule has 5 aromatic rings. The van der Waals surface area contributed by atoms with E-state index < -0.39 is 52.1 Å². The van der Waals surface area contributed by atoms with Crippen LogP contribution in [0, 0.1) is 41.9 Å². The van der Waals surface area contributed by atoms with E-state index in [1.54, 1.807) is 6.07 Å². The highest BCUT2D eigenvalue weighted by Crippen LogP contribution is 2.39. The molecule has 236 valence electrons. The van der Waals surface area contributed by atoms with E-state index in [1.165, 1.54) is 36.1 Å². The summed E-state index contributed by atoms with van der Waals surface area (Å²) in [7, 11) is 0. The van der Waals surface area contributed by atoms with Gasteiger partial charge in [-0.3, -0.25) is 0 Å².